The van der Waals surface area contributed by atoms with Gasteiger partial charge in [0.05, 0.1) is 27.6 Å². The summed E-state index contributed by atoms with van der Waals surface area (Å²) < 4.78 is 14.0. The zero-order chi connectivity index (χ0) is 24.8. The van der Waals surface area contributed by atoms with Gasteiger partial charge in [0.25, 0.3) is 5.91 Å². The quantitative estimate of drug-likeness (QED) is 0.366. The zero-order valence-electron chi connectivity index (χ0n) is 18.7. The van der Waals surface area contributed by atoms with Crippen LogP contribution in [0.1, 0.15) is 18.5 Å². The van der Waals surface area contributed by atoms with Gasteiger partial charge in [0.15, 0.2) is 0 Å². The molecule has 0 radical (unpaired) electrons. The predicted octanol–water partition coefficient (Wildman–Crippen LogP) is 6.00. The average molecular weight is 505 g/mol. The van der Waals surface area contributed by atoms with Crippen LogP contribution in [0.25, 0.3) is 0 Å². The van der Waals surface area contributed by atoms with Crippen molar-refractivity contribution in [2.45, 2.75) is 12.8 Å². The summed E-state index contributed by atoms with van der Waals surface area (Å²) in [5.74, 6) is -1.48. The van der Waals surface area contributed by atoms with Crippen LogP contribution in [0.2, 0.25) is 0 Å². The molecule has 1 aliphatic rings. The Morgan fingerprint density at radius 1 is 1.06 bits per heavy atom. The minimum atomic E-state index is -0.628. The van der Waals surface area contributed by atoms with Crippen molar-refractivity contribution in [3.8, 4) is 6.07 Å². The van der Waals surface area contributed by atoms with Crippen LogP contribution in [0.15, 0.2) is 93.2 Å². The molecule has 1 aliphatic heterocycles. The van der Waals surface area contributed by atoms with Crippen LogP contribution >= 0.6 is 23.5 Å². The maximum Gasteiger partial charge on any atom is 0.253 e. The van der Waals surface area contributed by atoms with Gasteiger partial charge in [-0.15, -0.1) is 11.8 Å². The first-order valence-corrected chi connectivity index (χ1v) is 12.5. The first-order valence-electron chi connectivity index (χ1n) is 10.7. The minimum absolute atomic E-state index is 0.115. The number of para-hydroxylation sites is 1. The second-order valence-electron chi connectivity index (χ2n) is 7.61. The number of rotatable bonds is 7. The molecular formula is C26H21FN4O2S2. The summed E-state index contributed by atoms with van der Waals surface area (Å²) in [5, 5.41) is 15.7. The molecule has 1 aromatic heterocycles. The highest BCUT2D eigenvalue weighted by atomic mass is 32.2. The monoisotopic (exact) mass is 504 g/mol. The van der Waals surface area contributed by atoms with Crippen molar-refractivity contribution in [3.05, 3.63) is 105 Å². The minimum Gasteiger partial charge on any atom is -0.364 e. The van der Waals surface area contributed by atoms with Gasteiger partial charge in [-0.25, -0.2) is 4.39 Å². The van der Waals surface area contributed by atoms with Crippen LogP contribution in [-0.2, 0) is 9.59 Å². The van der Waals surface area contributed by atoms with E-state index in [1.807, 2.05) is 31.2 Å². The Labute approximate surface area is 210 Å². The standard InChI is InChI=1S/C26H21FN4O2S2/c1-16-23(25(33)31-19-11-9-17(27)10-12-19)24(21-8-5-13-29-21)20(14-28)26(35-16)34-15-22(32)30-18-6-3-2-4-7-18/h2-13,24,29H,15H2,1H3,(H,30,32)(H,31,33)/t24-/m1/s1. The van der Waals surface area contributed by atoms with Crippen LogP contribution in [0.3, 0.4) is 0 Å². The van der Waals surface area contributed by atoms with Crippen molar-refractivity contribution in [3.63, 3.8) is 0 Å². The molecule has 2 aromatic carbocycles. The van der Waals surface area contributed by atoms with Gasteiger partial charge in [0.2, 0.25) is 5.91 Å². The van der Waals surface area contributed by atoms with Crippen LogP contribution < -0.4 is 10.6 Å². The Bertz CT molecular complexity index is 1330. The Balaban J connectivity index is 1.58. The van der Waals surface area contributed by atoms with Gasteiger partial charge in [0.1, 0.15) is 5.82 Å². The van der Waals surface area contributed by atoms with Gasteiger partial charge in [-0.3, -0.25) is 9.59 Å². The van der Waals surface area contributed by atoms with Crippen molar-refractivity contribution in [1.29, 1.82) is 5.26 Å². The molecule has 35 heavy (non-hydrogen) atoms. The lowest BCUT2D eigenvalue weighted by Gasteiger charge is -2.27. The smallest absolute Gasteiger partial charge is 0.253 e. The number of anilines is 2. The van der Waals surface area contributed by atoms with Gasteiger partial charge < -0.3 is 15.6 Å². The summed E-state index contributed by atoms with van der Waals surface area (Å²) in [4.78, 5) is 29.6. The molecule has 176 valence electrons. The van der Waals surface area contributed by atoms with Crippen LogP contribution in [0, 0.1) is 17.1 Å². The molecular weight excluding hydrogens is 483 g/mol. The van der Waals surface area contributed by atoms with Crippen molar-refractivity contribution >= 4 is 46.7 Å². The number of nitriles is 1. The number of hydrogen-bond acceptors (Lipinski definition) is 5. The number of carbonyl (C=O) groups is 2. The number of halogens is 1. The molecule has 0 fully saturated rings. The SMILES string of the molecule is CC1=C(C(=O)Nc2ccc(F)cc2)[C@@H](c2ccc[nH]2)C(C#N)=C(SCC(=O)Nc2ccccc2)S1. The molecule has 0 aliphatic carbocycles. The summed E-state index contributed by atoms with van der Waals surface area (Å²) in [6.07, 6.45) is 1.73. The second-order valence-corrected chi connectivity index (χ2v) is 10.1. The van der Waals surface area contributed by atoms with E-state index in [2.05, 4.69) is 21.7 Å². The third-order valence-corrected chi connectivity index (χ3v) is 7.64. The third-order valence-electron chi connectivity index (χ3n) is 5.21. The molecule has 0 bridgehead atoms. The van der Waals surface area contributed by atoms with Crippen molar-refractivity contribution in [2.75, 3.05) is 16.4 Å². The van der Waals surface area contributed by atoms with E-state index in [0.717, 1.165) is 0 Å². The molecule has 2 heterocycles. The maximum absolute atomic E-state index is 13.3. The van der Waals surface area contributed by atoms with Crippen LogP contribution in [0.4, 0.5) is 15.8 Å². The van der Waals surface area contributed by atoms with E-state index in [0.29, 0.717) is 37.4 Å². The molecule has 2 amide bonds. The number of aromatic nitrogens is 1. The maximum atomic E-state index is 13.3. The van der Waals surface area contributed by atoms with Crippen molar-refractivity contribution < 1.29 is 14.0 Å². The van der Waals surface area contributed by atoms with Gasteiger partial charge in [-0.2, -0.15) is 5.26 Å². The number of hydrogen-bond donors (Lipinski definition) is 3. The van der Waals surface area contributed by atoms with E-state index in [1.54, 1.807) is 24.4 Å². The zero-order valence-corrected chi connectivity index (χ0v) is 20.3. The van der Waals surface area contributed by atoms with E-state index in [-0.39, 0.29) is 17.6 Å². The Morgan fingerprint density at radius 2 is 1.77 bits per heavy atom. The molecule has 0 unspecified atom stereocenters. The van der Waals surface area contributed by atoms with Crippen molar-refractivity contribution in [1.82, 2.24) is 4.98 Å². The van der Waals surface area contributed by atoms with Crippen molar-refractivity contribution in [2.24, 2.45) is 0 Å². The van der Waals surface area contributed by atoms with E-state index >= 15 is 0 Å². The number of amides is 2. The van der Waals surface area contributed by atoms with Gasteiger partial charge in [-0.05, 0) is 60.4 Å². The first-order chi connectivity index (χ1) is 17.0. The third kappa shape index (κ3) is 5.85. The Hall–Kier alpha value is -3.74. The molecule has 0 saturated heterocycles. The van der Waals surface area contributed by atoms with Gasteiger partial charge in [-0.1, -0.05) is 30.0 Å². The highest BCUT2D eigenvalue weighted by molar-refractivity contribution is 8.24. The van der Waals surface area contributed by atoms with Crippen LogP contribution in [0.5, 0.6) is 0 Å². The normalized spacial score (nSPS) is 15.5. The van der Waals surface area contributed by atoms with E-state index in [1.165, 1.54) is 47.8 Å². The fourth-order valence-electron chi connectivity index (χ4n) is 3.64. The molecule has 6 nitrogen and oxygen atoms in total. The van der Waals surface area contributed by atoms with E-state index in [4.69, 9.17) is 0 Å². The molecule has 4 rings (SSSR count). The van der Waals surface area contributed by atoms with E-state index < -0.39 is 11.7 Å². The molecule has 0 saturated carbocycles. The average Bonchev–Trinajstić information content (AvgIpc) is 3.39. The second kappa shape index (κ2) is 11.1. The summed E-state index contributed by atoms with van der Waals surface area (Å²) >= 11 is 2.57. The highest BCUT2D eigenvalue weighted by Crippen LogP contribution is 2.50. The number of aromatic amines is 1. The lowest BCUT2D eigenvalue weighted by molar-refractivity contribution is -0.114. The number of nitrogens with one attached hydrogen (secondary N) is 3. The molecule has 1 atom stereocenters. The first kappa shape index (κ1) is 24.4. The fourth-order valence-corrected chi connectivity index (χ4v) is 5.95. The molecule has 3 N–H and O–H groups in total. The summed E-state index contributed by atoms with van der Waals surface area (Å²) in [5.41, 5.74) is 2.66. The summed E-state index contributed by atoms with van der Waals surface area (Å²) in [6.45, 7) is 1.82. The number of nitrogens with zero attached hydrogens (tertiary/aromatic N) is 1. The Kier molecular flexibility index (Phi) is 7.75. The van der Waals surface area contributed by atoms with Gasteiger partial charge >= 0.3 is 0 Å². The molecule has 9 heteroatoms. The Morgan fingerprint density at radius 3 is 2.43 bits per heavy atom. The highest BCUT2D eigenvalue weighted by Gasteiger charge is 2.35. The van der Waals surface area contributed by atoms with Gasteiger partial charge in [0, 0.05) is 28.8 Å². The van der Waals surface area contributed by atoms with Crippen LogP contribution in [-0.4, -0.2) is 22.6 Å². The lowest BCUT2D eigenvalue weighted by Crippen LogP contribution is -2.24. The summed E-state index contributed by atoms with van der Waals surface area (Å²) in [6, 6.07) is 20.5. The number of thioether (sulfide) groups is 2. The number of carbonyl (C=O) groups excluding carboxylic acids is 2. The lowest BCUT2D eigenvalue weighted by atomic mass is 9.88. The predicted molar refractivity (Wildman–Crippen MR) is 139 cm³/mol. The number of benzene rings is 2. The van der Waals surface area contributed by atoms with E-state index in [9.17, 15) is 19.2 Å². The molecule has 3 aromatic rings. The summed E-state index contributed by atoms with van der Waals surface area (Å²) in [7, 11) is 0. The number of H-pyrrole nitrogens is 1. The fraction of sp³-hybridized carbons (Fsp3) is 0.115. The number of allylic oxidation sites excluding steroid dienone is 2. The molecule has 0 spiro atoms. The topological polar surface area (TPSA) is 97.8 Å². The largest absolute Gasteiger partial charge is 0.364 e.